The van der Waals surface area contributed by atoms with Gasteiger partial charge in [0.15, 0.2) is 11.5 Å². The zero-order valence-corrected chi connectivity index (χ0v) is 22.0. The molecule has 3 aromatic heterocycles. The number of aromatic nitrogens is 4. The van der Waals surface area contributed by atoms with E-state index in [4.69, 9.17) is 9.47 Å². The molecular weight excluding hydrogens is 522 g/mol. The summed E-state index contributed by atoms with van der Waals surface area (Å²) in [5.74, 6) is 1.48. The summed E-state index contributed by atoms with van der Waals surface area (Å²) < 4.78 is 12.9. The second-order valence-corrected chi connectivity index (χ2v) is 9.20. The Morgan fingerprint density at radius 3 is 2.54 bits per heavy atom. The smallest absolute Gasteiger partial charge is 0.323 e. The van der Waals surface area contributed by atoms with Crippen LogP contribution in [-0.2, 0) is 0 Å². The number of nitriles is 1. The summed E-state index contributed by atoms with van der Waals surface area (Å²) >= 11 is 0. The highest BCUT2D eigenvalue weighted by Gasteiger charge is 2.18. The fourth-order valence-corrected chi connectivity index (χ4v) is 4.57. The first-order valence-electron chi connectivity index (χ1n) is 12.6. The van der Waals surface area contributed by atoms with Crippen molar-refractivity contribution in [1.82, 2.24) is 19.6 Å². The van der Waals surface area contributed by atoms with E-state index in [1.165, 1.54) is 6.20 Å². The van der Waals surface area contributed by atoms with Gasteiger partial charge in [-0.3, -0.25) is 4.79 Å². The van der Waals surface area contributed by atoms with Crippen LogP contribution in [0.2, 0.25) is 0 Å². The van der Waals surface area contributed by atoms with E-state index in [0.29, 0.717) is 56.3 Å². The van der Waals surface area contributed by atoms with Crippen LogP contribution < -0.4 is 25.8 Å². The number of amides is 1. The van der Waals surface area contributed by atoms with Crippen LogP contribution in [0.4, 0.5) is 17.1 Å². The van der Waals surface area contributed by atoms with Gasteiger partial charge in [0.05, 0.1) is 53.0 Å². The highest BCUT2D eigenvalue weighted by atomic mass is 16.5. The number of fused-ring (bicyclic) bond motifs is 2. The van der Waals surface area contributed by atoms with E-state index in [-0.39, 0.29) is 11.6 Å². The van der Waals surface area contributed by atoms with E-state index in [9.17, 15) is 14.9 Å². The maximum Gasteiger partial charge on any atom is 0.323 e. The van der Waals surface area contributed by atoms with Gasteiger partial charge in [-0.05, 0) is 61.5 Å². The first-order chi connectivity index (χ1) is 19.9. The second kappa shape index (κ2) is 10.3. The first kappa shape index (κ1) is 25.3. The van der Waals surface area contributed by atoms with E-state index >= 15 is 0 Å². The fourth-order valence-electron chi connectivity index (χ4n) is 4.57. The van der Waals surface area contributed by atoms with E-state index in [1.807, 2.05) is 55.5 Å². The van der Waals surface area contributed by atoms with Crippen molar-refractivity contribution in [3.8, 4) is 23.3 Å². The zero-order chi connectivity index (χ0) is 28.5. The predicted octanol–water partition coefficient (Wildman–Crippen LogP) is 5.48. The highest BCUT2D eigenvalue weighted by molar-refractivity contribution is 6.07. The lowest BCUT2D eigenvalue weighted by Crippen LogP contribution is -2.12. The number of hydrogen-bond acceptors (Lipinski definition) is 7. The summed E-state index contributed by atoms with van der Waals surface area (Å²) in [6.45, 7) is 1.84. The van der Waals surface area contributed by atoms with Crippen LogP contribution in [0, 0.1) is 18.3 Å². The summed E-state index contributed by atoms with van der Waals surface area (Å²) in [5.41, 5.74) is 4.68. The molecule has 0 aliphatic rings. The van der Waals surface area contributed by atoms with Gasteiger partial charge in [-0.2, -0.15) is 10.4 Å². The number of methoxy groups -OCH3 is 1. The van der Waals surface area contributed by atoms with Crippen LogP contribution in [0.25, 0.3) is 16.6 Å². The Morgan fingerprint density at radius 2 is 1.78 bits per heavy atom. The molecule has 11 nitrogen and oxygen atoms in total. The van der Waals surface area contributed by atoms with Crippen molar-refractivity contribution in [3.05, 3.63) is 106 Å². The maximum absolute atomic E-state index is 13.1. The van der Waals surface area contributed by atoms with E-state index in [0.717, 1.165) is 11.3 Å². The lowest BCUT2D eigenvalue weighted by atomic mass is 10.1. The molecular formula is C30H23N7O4. The topological polar surface area (TPSA) is 149 Å². The van der Waals surface area contributed by atoms with Gasteiger partial charge in [-0.1, -0.05) is 12.1 Å². The quantitative estimate of drug-likeness (QED) is 0.207. The SMILES string of the molecule is COc1ccccc1Oc1ccc(Nc2c(C#N)cnn3cc(NC(=O)c4ccc5[nH]c(=O)[nH]c5c4)c(C)c23)cc1. The van der Waals surface area contributed by atoms with Crippen molar-refractivity contribution < 1.29 is 14.3 Å². The first-order valence-corrected chi connectivity index (χ1v) is 12.6. The number of aryl methyl sites for hydroxylation is 1. The minimum Gasteiger partial charge on any atom is -0.493 e. The van der Waals surface area contributed by atoms with Gasteiger partial charge in [0.25, 0.3) is 5.91 Å². The van der Waals surface area contributed by atoms with Gasteiger partial charge in [0.1, 0.15) is 11.8 Å². The molecule has 0 atom stereocenters. The fraction of sp³-hybridized carbons (Fsp3) is 0.0667. The molecule has 0 spiro atoms. The van der Waals surface area contributed by atoms with E-state index in [2.05, 4.69) is 31.8 Å². The van der Waals surface area contributed by atoms with Gasteiger partial charge in [-0.25, -0.2) is 9.31 Å². The molecule has 0 aliphatic carbocycles. The summed E-state index contributed by atoms with van der Waals surface area (Å²) in [6, 6.07) is 21.8. The maximum atomic E-state index is 13.1. The third-order valence-corrected chi connectivity index (χ3v) is 6.62. The molecule has 0 saturated heterocycles. The Hall–Kier alpha value is -6.02. The highest BCUT2D eigenvalue weighted by Crippen LogP contribution is 2.34. The van der Waals surface area contributed by atoms with Crippen molar-refractivity contribution in [2.24, 2.45) is 0 Å². The van der Waals surface area contributed by atoms with Crippen molar-refractivity contribution in [3.63, 3.8) is 0 Å². The number of rotatable bonds is 7. The summed E-state index contributed by atoms with van der Waals surface area (Å²) in [6.07, 6.45) is 3.16. The molecule has 202 valence electrons. The van der Waals surface area contributed by atoms with E-state index in [1.54, 1.807) is 36.0 Å². The molecule has 4 N–H and O–H groups in total. The third kappa shape index (κ3) is 4.81. The van der Waals surface area contributed by atoms with Crippen LogP contribution in [0.5, 0.6) is 17.2 Å². The molecule has 0 saturated carbocycles. The number of benzene rings is 3. The molecule has 6 aromatic rings. The molecule has 1 amide bonds. The Morgan fingerprint density at radius 1 is 1.02 bits per heavy atom. The van der Waals surface area contributed by atoms with Crippen LogP contribution in [0.15, 0.2) is 83.9 Å². The largest absolute Gasteiger partial charge is 0.493 e. The molecule has 6 rings (SSSR count). The molecule has 0 aliphatic heterocycles. The molecule has 0 bridgehead atoms. The molecule has 11 heteroatoms. The number of nitrogens with zero attached hydrogens (tertiary/aromatic N) is 3. The van der Waals surface area contributed by atoms with Gasteiger partial charge < -0.3 is 30.1 Å². The predicted molar refractivity (Wildman–Crippen MR) is 154 cm³/mol. The molecule has 0 fully saturated rings. The van der Waals surface area contributed by atoms with Crippen molar-refractivity contribution in [1.29, 1.82) is 5.26 Å². The molecule has 0 unspecified atom stereocenters. The number of imidazole rings is 1. The number of hydrogen-bond donors (Lipinski definition) is 4. The molecule has 3 heterocycles. The van der Waals surface area contributed by atoms with Gasteiger partial charge in [0.2, 0.25) is 0 Å². The molecule has 0 radical (unpaired) electrons. The summed E-state index contributed by atoms with van der Waals surface area (Å²) in [4.78, 5) is 30.0. The Labute approximate surface area is 233 Å². The monoisotopic (exact) mass is 545 g/mol. The lowest BCUT2D eigenvalue weighted by molar-refractivity contribution is 0.102. The number of ether oxygens (including phenoxy) is 2. The standard InChI is InChI=1S/C30H23N7O4/c1-17-24(34-29(38)18-7-12-22-23(13-18)36-30(39)35-22)16-37-28(17)27(19(14-31)15-32-37)33-20-8-10-21(11-9-20)41-26-6-4-3-5-25(26)40-2/h3-13,15-16,33H,1-2H3,(H,34,38)(H2,35,36,39). The summed E-state index contributed by atoms with van der Waals surface area (Å²) in [7, 11) is 1.59. The Bertz CT molecular complexity index is 2030. The number of carbonyl (C=O) groups is 1. The Kier molecular flexibility index (Phi) is 6.33. The van der Waals surface area contributed by atoms with Crippen molar-refractivity contribution in [2.75, 3.05) is 17.7 Å². The van der Waals surface area contributed by atoms with Crippen molar-refractivity contribution >= 4 is 39.5 Å². The average Bonchev–Trinajstić information content (AvgIpc) is 3.52. The number of H-pyrrole nitrogens is 2. The van der Waals surface area contributed by atoms with Crippen molar-refractivity contribution in [2.45, 2.75) is 6.92 Å². The van der Waals surface area contributed by atoms with E-state index < -0.39 is 0 Å². The number of anilines is 3. The summed E-state index contributed by atoms with van der Waals surface area (Å²) in [5, 5.41) is 20.4. The van der Waals surface area contributed by atoms with Gasteiger partial charge >= 0.3 is 5.69 Å². The zero-order valence-electron chi connectivity index (χ0n) is 22.0. The number of aromatic amines is 2. The van der Waals surface area contributed by atoms with Gasteiger partial charge in [0, 0.05) is 16.8 Å². The average molecular weight is 546 g/mol. The lowest BCUT2D eigenvalue weighted by Gasteiger charge is -2.13. The molecule has 3 aromatic carbocycles. The Balaban J connectivity index is 1.28. The van der Waals surface area contributed by atoms with Crippen LogP contribution in [-0.4, -0.2) is 32.6 Å². The van der Waals surface area contributed by atoms with Crippen LogP contribution in [0.3, 0.4) is 0 Å². The third-order valence-electron chi connectivity index (χ3n) is 6.62. The van der Waals surface area contributed by atoms with Crippen LogP contribution in [0.1, 0.15) is 21.5 Å². The number of para-hydroxylation sites is 2. The minimum atomic E-state index is -0.353. The number of carbonyl (C=O) groups excluding carboxylic acids is 1. The normalized spacial score (nSPS) is 10.9. The second-order valence-electron chi connectivity index (χ2n) is 9.20. The van der Waals surface area contributed by atoms with Gasteiger partial charge in [-0.15, -0.1) is 0 Å². The molecule has 41 heavy (non-hydrogen) atoms. The van der Waals surface area contributed by atoms with Crippen LogP contribution >= 0.6 is 0 Å². The minimum absolute atomic E-state index is 0.341. The number of nitrogens with one attached hydrogen (secondary N) is 4.